The predicted octanol–water partition coefficient (Wildman–Crippen LogP) is 3.03. The van der Waals surface area contributed by atoms with Crippen LogP contribution in [0, 0.1) is 5.82 Å². The maximum Gasteiger partial charge on any atom is 0.338 e. The van der Waals surface area contributed by atoms with Crippen molar-refractivity contribution in [3.8, 4) is 11.5 Å². The van der Waals surface area contributed by atoms with E-state index in [1.165, 1.54) is 37.3 Å². The van der Waals surface area contributed by atoms with Gasteiger partial charge < -0.3 is 14.2 Å². The van der Waals surface area contributed by atoms with Crippen LogP contribution in [-0.4, -0.2) is 31.1 Å². The van der Waals surface area contributed by atoms with E-state index < -0.39 is 23.7 Å². The quantitative estimate of drug-likeness (QED) is 0.637. The summed E-state index contributed by atoms with van der Waals surface area (Å²) in [5.74, 6) is -0.454. The Balaban J connectivity index is 1.69. The Morgan fingerprint density at radius 3 is 2.33 bits per heavy atom. The van der Waals surface area contributed by atoms with E-state index in [9.17, 15) is 14.0 Å². The number of hydrogen-bond acceptors (Lipinski definition) is 5. The number of carbonyl (C=O) groups is 2. The first-order valence-corrected chi connectivity index (χ1v) is 7.45. The van der Waals surface area contributed by atoms with Crippen molar-refractivity contribution < 1.29 is 28.2 Å². The zero-order valence-corrected chi connectivity index (χ0v) is 13.0. The summed E-state index contributed by atoms with van der Waals surface area (Å²) in [7, 11) is 0. The average Bonchev–Trinajstić information content (AvgIpc) is 2.61. The van der Waals surface area contributed by atoms with Crippen LogP contribution in [0.4, 0.5) is 4.39 Å². The van der Waals surface area contributed by atoms with Crippen molar-refractivity contribution in [2.45, 2.75) is 13.0 Å². The molecule has 0 N–H and O–H groups in total. The van der Waals surface area contributed by atoms with Gasteiger partial charge in [0.15, 0.2) is 17.6 Å². The number of ketones is 1. The van der Waals surface area contributed by atoms with Gasteiger partial charge >= 0.3 is 5.97 Å². The molecule has 0 radical (unpaired) electrons. The Kier molecular flexibility index (Phi) is 4.46. The topological polar surface area (TPSA) is 61.8 Å². The third-order valence-electron chi connectivity index (χ3n) is 3.56. The zero-order chi connectivity index (χ0) is 17.1. The van der Waals surface area contributed by atoms with Gasteiger partial charge in [0, 0.05) is 5.56 Å². The van der Waals surface area contributed by atoms with Gasteiger partial charge in [-0.05, 0) is 49.4 Å². The molecule has 1 aliphatic heterocycles. The second-order valence-corrected chi connectivity index (χ2v) is 5.28. The van der Waals surface area contributed by atoms with Crippen LogP contribution in [0.5, 0.6) is 11.5 Å². The first-order chi connectivity index (χ1) is 11.5. The van der Waals surface area contributed by atoms with Crippen molar-refractivity contribution in [2.75, 3.05) is 13.2 Å². The average molecular weight is 330 g/mol. The van der Waals surface area contributed by atoms with Gasteiger partial charge in [-0.1, -0.05) is 0 Å². The monoisotopic (exact) mass is 330 g/mol. The molecule has 0 saturated carbocycles. The van der Waals surface area contributed by atoms with Crippen LogP contribution in [-0.2, 0) is 4.74 Å². The van der Waals surface area contributed by atoms with E-state index in [-0.39, 0.29) is 11.1 Å². The van der Waals surface area contributed by atoms with Crippen LogP contribution in [0.2, 0.25) is 0 Å². The standard InChI is InChI=1S/C18H15FO5/c1-11(17(20)12-2-5-14(19)6-3-12)24-18(21)13-4-7-15-16(10-13)23-9-8-22-15/h2-7,10-11H,8-9H2,1H3/t11-/m0/s1. The maximum absolute atomic E-state index is 12.9. The van der Waals surface area contributed by atoms with Crippen LogP contribution in [0.3, 0.4) is 0 Å². The van der Waals surface area contributed by atoms with Gasteiger partial charge in [0.2, 0.25) is 5.78 Å². The molecule has 0 amide bonds. The van der Waals surface area contributed by atoms with Gasteiger partial charge in [0.1, 0.15) is 19.0 Å². The highest BCUT2D eigenvalue weighted by Crippen LogP contribution is 2.31. The number of fused-ring (bicyclic) bond motifs is 1. The molecular weight excluding hydrogens is 315 g/mol. The number of hydrogen-bond donors (Lipinski definition) is 0. The first-order valence-electron chi connectivity index (χ1n) is 7.45. The lowest BCUT2D eigenvalue weighted by Crippen LogP contribution is -2.24. The number of carbonyl (C=O) groups excluding carboxylic acids is 2. The summed E-state index contributed by atoms with van der Waals surface area (Å²) in [4.78, 5) is 24.4. The molecule has 0 fully saturated rings. The fraction of sp³-hybridized carbons (Fsp3) is 0.222. The third-order valence-corrected chi connectivity index (χ3v) is 3.56. The van der Waals surface area contributed by atoms with E-state index in [0.29, 0.717) is 24.7 Å². The van der Waals surface area contributed by atoms with E-state index >= 15 is 0 Å². The first kappa shape index (κ1) is 16.0. The number of rotatable bonds is 4. The lowest BCUT2D eigenvalue weighted by molar-refractivity contribution is 0.0318. The van der Waals surface area contributed by atoms with Gasteiger partial charge in [0.05, 0.1) is 5.56 Å². The predicted molar refractivity (Wildman–Crippen MR) is 83.0 cm³/mol. The number of halogens is 1. The van der Waals surface area contributed by atoms with Crippen LogP contribution in [0.25, 0.3) is 0 Å². The van der Waals surface area contributed by atoms with Crippen LogP contribution in [0.15, 0.2) is 42.5 Å². The molecular formula is C18H15FO5. The smallest absolute Gasteiger partial charge is 0.338 e. The highest BCUT2D eigenvalue weighted by Gasteiger charge is 2.22. The Morgan fingerprint density at radius 1 is 1.00 bits per heavy atom. The summed E-state index contributed by atoms with van der Waals surface area (Å²) in [6.07, 6.45) is -0.990. The summed E-state index contributed by atoms with van der Waals surface area (Å²) in [6, 6.07) is 9.76. The molecule has 0 aromatic heterocycles. The molecule has 3 rings (SSSR count). The molecule has 0 unspecified atom stereocenters. The van der Waals surface area contributed by atoms with Crippen molar-refractivity contribution >= 4 is 11.8 Å². The van der Waals surface area contributed by atoms with E-state index in [1.807, 2.05) is 0 Å². The summed E-state index contributed by atoms with van der Waals surface area (Å²) < 4.78 is 28.9. The van der Waals surface area contributed by atoms with Crippen molar-refractivity contribution in [3.05, 3.63) is 59.4 Å². The van der Waals surface area contributed by atoms with Crippen molar-refractivity contribution in [1.82, 2.24) is 0 Å². The van der Waals surface area contributed by atoms with E-state index in [0.717, 1.165) is 0 Å². The molecule has 5 nitrogen and oxygen atoms in total. The Hall–Kier alpha value is -2.89. The molecule has 124 valence electrons. The van der Waals surface area contributed by atoms with Crippen molar-refractivity contribution in [1.29, 1.82) is 0 Å². The number of benzene rings is 2. The van der Waals surface area contributed by atoms with Gasteiger partial charge in [-0.25, -0.2) is 9.18 Å². The number of ether oxygens (including phenoxy) is 3. The molecule has 2 aromatic rings. The molecule has 0 bridgehead atoms. The van der Waals surface area contributed by atoms with Crippen LogP contribution >= 0.6 is 0 Å². The Bertz CT molecular complexity index is 769. The molecule has 0 saturated heterocycles. The lowest BCUT2D eigenvalue weighted by Gasteiger charge is -2.19. The van der Waals surface area contributed by atoms with E-state index in [1.54, 1.807) is 12.1 Å². The molecule has 24 heavy (non-hydrogen) atoms. The highest BCUT2D eigenvalue weighted by molar-refractivity contribution is 6.01. The minimum atomic E-state index is -0.990. The maximum atomic E-state index is 12.9. The fourth-order valence-electron chi connectivity index (χ4n) is 2.30. The molecule has 2 aromatic carbocycles. The van der Waals surface area contributed by atoms with Crippen LogP contribution < -0.4 is 9.47 Å². The molecule has 1 atom stereocenters. The van der Waals surface area contributed by atoms with Gasteiger partial charge in [-0.15, -0.1) is 0 Å². The SMILES string of the molecule is C[C@H](OC(=O)c1ccc2c(c1)OCCO2)C(=O)c1ccc(F)cc1. The lowest BCUT2D eigenvalue weighted by atomic mass is 10.1. The van der Waals surface area contributed by atoms with E-state index in [4.69, 9.17) is 14.2 Å². The van der Waals surface area contributed by atoms with Crippen molar-refractivity contribution in [3.63, 3.8) is 0 Å². The highest BCUT2D eigenvalue weighted by atomic mass is 19.1. The minimum absolute atomic E-state index is 0.262. The molecule has 0 aliphatic carbocycles. The Morgan fingerprint density at radius 2 is 1.62 bits per heavy atom. The minimum Gasteiger partial charge on any atom is -0.486 e. The molecule has 6 heteroatoms. The van der Waals surface area contributed by atoms with E-state index in [2.05, 4.69) is 0 Å². The normalized spacial score (nSPS) is 13.9. The zero-order valence-electron chi connectivity index (χ0n) is 13.0. The number of Topliss-reactive ketones (excluding diaryl/α,β-unsaturated/α-hetero) is 1. The van der Waals surface area contributed by atoms with Gasteiger partial charge in [0.25, 0.3) is 0 Å². The summed E-state index contributed by atoms with van der Waals surface area (Å²) >= 11 is 0. The molecule has 1 heterocycles. The summed E-state index contributed by atoms with van der Waals surface area (Å²) in [6.45, 7) is 2.34. The second-order valence-electron chi connectivity index (χ2n) is 5.28. The van der Waals surface area contributed by atoms with Gasteiger partial charge in [-0.2, -0.15) is 0 Å². The molecule has 0 spiro atoms. The third kappa shape index (κ3) is 3.37. The van der Waals surface area contributed by atoms with Crippen LogP contribution in [0.1, 0.15) is 27.6 Å². The largest absolute Gasteiger partial charge is 0.486 e. The summed E-state index contributed by atoms with van der Waals surface area (Å²) in [5, 5.41) is 0. The summed E-state index contributed by atoms with van der Waals surface area (Å²) in [5.41, 5.74) is 0.539. The second kappa shape index (κ2) is 6.70. The van der Waals surface area contributed by atoms with Crippen molar-refractivity contribution in [2.24, 2.45) is 0 Å². The fourth-order valence-corrected chi connectivity index (χ4v) is 2.30. The van der Waals surface area contributed by atoms with Gasteiger partial charge in [-0.3, -0.25) is 4.79 Å². The number of esters is 1. The molecule has 1 aliphatic rings. The Labute approximate surface area is 138 Å².